The van der Waals surface area contributed by atoms with Crippen molar-refractivity contribution in [3.05, 3.63) is 36.4 Å². The van der Waals surface area contributed by atoms with Crippen molar-refractivity contribution < 1.29 is 0 Å². The molecule has 1 spiro atoms. The van der Waals surface area contributed by atoms with E-state index in [9.17, 15) is 0 Å². The molecule has 2 aliphatic rings. The van der Waals surface area contributed by atoms with E-state index in [-0.39, 0.29) is 0 Å². The number of imidazole rings is 1. The number of aryl methyl sites for hydroxylation is 2. The second-order valence-electron chi connectivity index (χ2n) is 10.4. The molecule has 1 saturated carbocycles. The molecule has 33 heavy (non-hydrogen) atoms. The van der Waals surface area contributed by atoms with Gasteiger partial charge in [-0.05, 0) is 56.2 Å². The number of aromatic nitrogens is 6. The minimum Gasteiger partial charge on any atom is -0.350 e. The minimum atomic E-state index is 0.473. The van der Waals surface area contributed by atoms with Crippen LogP contribution in [-0.2, 0) is 6.54 Å². The van der Waals surface area contributed by atoms with Gasteiger partial charge in [-0.15, -0.1) is 5.10 Å². The first-order valence-corrected chi connectivity index (χ1v) is 12.1. The number of likely N-dealkylation sites (tertiary alicyclic amines) is 1. The smallest absolute Gasteiger partial charge is 0.241 e. The third-order valence-electron chi connectivity index (χ3n) is 7.23. The second-order valence-corrected chi connectivity index (χ2v) is 10.4. The van der Waals surface area contributed by atoms with E-state index in [1.165, 1.54) is 32.5 Å². The van der Waals surface area contributed by atoms with E-state index < -0.39 is 0 Å². The average molecular weight is 445 g/mol. The van der Waals surface area contributed by atoms with Gasteiger partial charge in [-0.1, -0.05) is 13.8 Å². The molecule has 0 bridgehead atoms. The highest BCUT2D eigenvalue weighted by Gasteiger charge is 2.52. The van der Waals surface area contributed by atoms with Gasteiger partial charge in [-0.25, -0.2) is 19.5 Å². The van der Waals surface area contributed by atoms with Crippen molar-refractivity contribution in [1.29, 1.82) is 0 Å². The van der Waals surface area contributed by atoms with Crippen LogP contribution in [0.25, 0.3) is 27.9 Å². The molecule has 0 radical (unpaired) electrons. The molecule has 2 fully saturated rings. The summed E-state index contributed by atoms with van der Waals surface area (Å²) < 4.78 is 4.05. The molecule has 8 heteroatoms. The third kappa shape index (κ3) is 3.47. The number of hydrogen-bond donors (Lipinski definition) is 1. The molecule has 0 aromatic carbocycles. The predicted octanol–water partition coefficient (Wildman–Crippen LogP) is 4.00. The van der Waals surface area contributed by atoms with E-state index in [0.29, 0.717) is 17.4 Å². The number of nitrogens with zero attached hydrogens (tertiary/aromatic N) is 7. The van der Waals surface area contributed by atoms with Crippen LogP contribution in [0.15, 0.2) is 30.6 Å². The van der Waals surface area contributed by atoms with E-state index >= 15 is 0 Å². The lowest BCUT2D eigenvalue weighted by Crippen LogP contribution is -2.65. The highest BCUT2D eigenvalue weighted by Crippen LogP contribution is 2.49. The molecule has 4 aromatic heterocycles. The number of fused-ring (bicyclic) bond motifs is 2. The van der Waals surface area contributed by atoms with Crippen LogP contribution in [0.4, 0.5) is 5.95 Å². The van der Waals surface area contributed by atoms with Crippen molar-refractivity contribution in [1.82, 2.24) is 34.0 Å². The van der Waals surface area contributed by atoms with E-state index in [1.54, 1.807) is 0 Å². The SMILES string of the molecule is CCn1c(C)nc2ccc(-c3ccn4nc(NC5CC6(C5)CN(CC(C)C)C6)ncc34)nc21. The van der Waals surface area contributed by atoms with Gasteiger partial charge >= 0.3 is 0 Å². The summed E-state index contributed by atoms with van der Waals surface area (Å²) in [5, 5.41) is 8.28. The van der Waals surface area contributed by atoms with Crippen molar-refractivity contribution in [2.75, 3.05) is 25.0 Å². The predicted molar refractivity (Wildman–Crippen MR) is 130 cm³/mol. The van der Waals surface area contributed by atoms with E-state index in [1.807, 2.05) is 36.0 Å². The fourth-order valence-electron chi connectivity index (χ4n) is 5.90. The Labute approximate surface area is 194 Å². The number of pyridine rings is 1. The second kappa shape index (κ2) is 7.52. The van der Waals surface area contributed by atoms with E-state index in [2.05, 4.69) is 51.6 Å². The van der Waals surface area contributed by atoms with Gasteiger partial charge in [0.15, 0.2) is 5.65 Å². The normalized spacial score (nSPS) is 18.3. The maximum atomic E-state index is 4.92. The number of anilines is 1. The van der Waals surface area contributed by atoms with Gasteiger partial charge in [0.1, 0.15) is 11.3 Å². The Kier molecular flexibility index (Phi) is 4.69. The minimum absolute atomic E-state index is 0.473. The Morgan fingerprint density at radius 1 is 1.15 bits per heavy atom. The Hall–Kier alpha value is -3.00. The van der Waals surface area contributed by atoms with Gasteiger partial charge in [0.2, 0.25) is 5.95 Å². The van der Waals surface area contributed by atoms with Crippen LogP contribution in [0.2, 0.25) is 0 Å². The Morgan fingerprint density at radius 2 is 1.97 bits per heavy atom. The quantitative estimate of drug-likeness (QED) is 0.484. The summed E-state index contributed by atoms with van der Waals surface area (Å²) in [6.07, 6.45) is 6.33. The fraction of sp³-hybridized carbons (Fsp3) is 0.520. The van der Waals surface area contributed by atoms with Crippen LogP contribution < -0.4 is 5.32 Å². The van der Waals surface area contributed by atoms with Crippen molar-refractivity contribution in [2.24, 2.45) is 11.3 Å². The average Bonchev–Trinajstić information content (AvgIpc) is 3.29. The first-order valence-electron chi connectivity index (χ1n) is 12.1. The van der Waals surface area contributed by atoms with Gasteiger partial charge < -0.3 is 14.8 Å². The summed E-state index contributed by atoms with van der Waals surface area (Å²) in [5.74, 6) is 2.44. The molecule has 1 aliphatic carbocycles. The lowest BCUT2D eigenvalue weighted by molar-refractivity contribution is -0.0711. The molecular formula is C25H32N8. The molecule has 6 rings (SSSR count). The first kappa shape index (κ1) is 20.6. The van der Waals surface area contributed by atoms with Crippen molar-refractivity contribution in [2.45, 2.75) is 53.1 Å². The van der Waals surface area contributed by atoms with Crippen LogP contribution >= 0.6 is 0 Å². The number of nitrogens with one attached hydrogen (secondary N) is 1. The van der Waals surface area contributed by atoms with Crippen molar-refractivity contribution in [3.8, 4) is 11.3 Å². The molecule has 172 valence electrons. The maximum Gasteiger partial charge on any atom is 0.241 e. The van der Waals surface area contributed by atoms with Gasteiger partial charge in [-0.3, -0.25) is 0 Å². The van der Waals surface area contributed by atoms with Crippen molar-refractivity contribution in [3.63, 3.8) is 0 Å². The Morgan fingerprint density at radius 3 is 2.73 bits per heavy atom. The van der Waals surface area contributed by atoms with Crippen LogP contribution in [0.3, 0.4) is 0 Å². The maximum absolute atomic E-state index is 4.92. The zero-order chi connectivity index (χ0) is 22.7. The van der Waals surface area contributed by atoms with Crippen molar-refractivity contribution >= 4 is 22.6 Å². The fourth-order valence-corrected chi connectivity index (χ4v) is 5.90. The number of hydrogen-bond acceptors (Lipinski definition) is 6. The molecule has 0 amide bonds. The van der Waals surface area contributed by atoms with Crippen LogP contribution in [0.1, 0.15) is 39.4 Å². The Balaban J connectivity index is 1.17. The van der Waals surface area contributed by atoms with E-state index in [0.717, 1.165) is 46.2 Å². The molecule has 1 N–H and O–H groups in total. The molecule has 5 heterocycles. The summed E-state index contributed by atoms with van der Waals surface area (Å²) in [4.78, 5) is 16.8. The first-order chi connectivity index (χ1) is 15.9. The largest absolute Gasteiger partial charge is 0.350 e. The summed E-state index contributed by atoms with van der Waals surface area (Å²) >= 11 is 0. The summed E-state index contributed by atoms with van der Waals surface area (Å²) in [7, 11) is 0. The highest BCUT2D eigenvalue weighted by atomic mass is 15.3. The zero-order valence-electron chi connectivity index (χ0n) is 19.9. The summed E-state index contributed by atoms with van der Waals surface area (Å²) in [6.45, 7) is 13.3. The standard InChI is InChI=1S/C25H32N8/c1-5-32-17(4)27-21-7-6-20(29-23(21)32)19-8-9-33-22(19)12-26-24(30-33)28-18-10-25(11-18)14-31(15-25)13-16(2)3/h6-9,12,16,18H,5,10-11,13-15H2,1-4H3,(H,28,30). The van der Waals surface area contributed by atoms with Crippen LogP contribution in [0.5, 0.6) is 0 Å². The van der Waals surface area contributed by atoms with E-state index in [4.69, 9.17) is 10.1 Å². The third-order valence-corrected chi connectivity index (χ3v) is 7.23. The monoisotopic (exact) mass is 444 g/mol. The molecule has 0 atom stereocenters. The van der Waals surface area contributed by atoms with Gasteiger partial charge in [0, 0.05) is 44.0 Å². The lowest BCUT2D eigenvalue weighted by Gasteiger charge is -2.59. The molecule has 4 aromatic rings. The lowest BCUT2D eigenvalue weighted by atomic mass is 9.60. The molecule has 1 saturated heterocycles. The highest BCUT2D eigenvalue weighted by molar-refractivity contribution is 5.82. The molecule has 1 aliphatic heterocycles. The van der Waals surface area contributed by atoms with Crippen LogP contribution in [-0.4, -0.2) is 59.7 Å². The zero-order valence-corrected chi connectivity index (χ0v) is 19.9. The molecular weight excluding hydrogens is 412 g/mol. The van der Waals surface area contributed by atoms with Crippen LogP contribution in [0, 0.1) is 18.3 Å². The Bertz CT molecular complexity index is 1320. The molecule has 0 unspecified atom stereocenters. The summed E-state index contributed by atoms with van der Waals surface area (Å²) in [6, 6.07) is 6.62. The van der Waals surface area contributed by atoms with Gasteiger partial charge in [0.25, 0.3) is 0 Å². The summed E-state index contributed by atoms with van der Waals surface area (Å²) in [5.41, 5.74) is 5.30. The van der Waals surface area contributed by atoms with Gasteiger partial charge in [-0.2, -0.15) is 0 Å². The topological polar surface area (TPSA) is 76.2 Å². The molecule has 8 nitrogen and oxygen atoms in total. The van der Waals surface area contributed by atoms with Gasteiger partial charge in [0.05, 0.1) is 17.4 Å². The number of rotatable bonds is 6.